The van der Waals surface area contributed by atoms with E-state index in [9.17, 15) is 14.7 Å². The van der Waals surface area contributed by atoms with Crippen LogP contribution in [0.15, 0.2) is 41.5 Å². The van der Waals surface area contributed by atoms with Crippen molar-refractivity contribution in [1.82, 2.24) is 10.2 Å². The molecule has 0 aliphatic carbocycles. The van der Waals surface area contributed by atoms with E-state index in [1.54, 1.807) is 17.1 Å². The minimum atomic E-state index is -0.775. The highest BCUT2D eigenvalue weighted by Gasteiger charge is 2.24. The number of ether oxygens (including phenoxy) is 1. The molecular formula is C22H28ClN5O4S. The molecule has 0 spiro atoms. The summed E-state index contributed by atoms with van der Waals surface area (Å²) >= 11 is 7.03. The number of carbonyl (C=O) groups excluding carboxylic acids is 2. The standard InChI is InChI=1S/C22H28ClN5O4S/c1-22(2,3)32-21(31)27-9-10-28(26-14-27)16-6-4-5-15(11-16)24-12-17(29)13-25-20(30)18-7-8-19(23)33-18/h4-8,11,14,17,24,29H,9-10,12-13H2,1-3H3,(H,25,30). The first-order valence-corrected chi connectivity index (χ1v) is 11.7. The van der Waals surface area contributed by atoms with Gasteiger partial charge in [-0.05, 0) is 51.1 Å². The number of hydrazone groups is 1. The molecule has 178 valence electrons. The number of amides is 2. The minimum Gasteiger partial charge on any atom is -0.443 e. The number of nitrogens with zero attached hydrogens (tertiary/aromatic N) is 3. The van der Waals surface area contributed by atoms with Gasteiger partial charge in [-0.15, -0.1) is 11.3 Å². The molecule has 1 atom stereocenters. The zero-order valence-corrected chi connectivity index (χ0v) is 20.3. The van der Waals surface area contributed by atoms with E-state index in [0.717, 1.165) is 11.4 Å². The first kappa shape index (κ1) is 24.8. The van der Waals surface area contributed by atoms with Gasteiger partial charge in [0.1, 0.15) is 11.9 Å². The molecule has 1 aromatic heterocycles. The molecule has 2 amide bonds. The summed E-state index contributed by atoms with van der Waals surface area (Å²) in [6.45, 7) is 6.79. The van der Waals surface area contributed by atoms with Gasteiger partial charge in [0.15, 0.2) is 0 Å². The third kappa shape index (κ3) is 7.62. The number of aliphatic hydroxyl groups excluding tert-OH is 1. The maximum absolute atomic E-state index is 12.2. The van der Waals surface area contributed by atoms with Crippen molar-refractivity contribution >= 4 is 52.7 Å². The highest BCUT2D eigenvalue weighted by atomic mass is 35.5. The smallest absolute Gasteiger partial charge is 0.415 e. The van der Waals surface area contributed by atoms with Gasteiger partial charge >= 0.3 is 6.09 Å². The van der Waals surface area contributed by atoms with Crippen LogP contribution < -0.4 is 15.6 Å². The van der Waals surface area contributed by atoms with E-state index in [4.69, 9.17) is 16.3 Å². The second-order valence-electron chi connectivity index (χ2n) is 8.43. The lowest BCUT2D eigenvalue weighted by Crippen LogP contribution is -2.43. The summed E-state index contributed by atoms with van der Waals surface area (Å²) in [4.78, 5) is 26.2. The zero-order valence-electron chi connectivity index (χ0n) is 18.7. The predicted octanol–water partition coefficient (Wildman–Crippen LogP) is 3.60. The lowest BCUT2D eigenvalue weighted by molar-refractivity contribution is 0.0374. The van der Waals surface area contributed by atoms with Gasteiger partial charge in [0, 0.05) is 25.3 Å². The van der Waals surface area contributed by atoms with Crippen LogP contribution in [0, 0.1) is 0 Å². The van der Waals surface area contributed by atoms with Gasteiger partial charge in [-0.2, -0.15) is 5.10 Å². The Hall–Kier alpha value is -2.82. The van der Waals surface area contributed by atoms with E-state index < -0.39 is 17.8 Å². The van der Waals surface area contributed by atoms with E-state index in [2.05, 4.69) is 15.7 Å². The molecule has 2 aromatic rings. The number of anilines is 2. The Labute approximate surface area is 202 Å². The van der Waals surface area contributed by atoms with E-state index >= 15 is 0 Å². The predicted molar refractivity (Wildman–Crippen MR) is 131 cm³/mol. The molecule has 1 aliphatic rings. The molecule has 11 heteroatoms. The maximum Gasteiger partial charge on any atom is 0.415 e. The molecule has 9 nitrogen and oxygen atoms in total. The summed E-state index contributed by atoms with van der Waals surface area (Å²) in [7, 11) is 0. The highest BCUT2D eigenvalue weighted by Crippen LogP contribution is 2.22. The Morgan fingerprint density at radius 3 is 2.67 bits per heavy atom. The lowest BCUT2D eigenvalue weighted by Gasteiger charge is -2.30. The summed E-state index contributed by atoms with van der Waals surface area (Å²) in [6, 6.07) is 10.9. The fourth-order valence-corrected chi connectivity index (χ4v) is 3.88. The van der Waals surface area contributed by atoms with Gasteiger partial charge < -0.3 is 20.5 Å². The molecule has 0 saturated carbocycles. The number of rotatable bonds is 7. The van der Waals surface area contributed by atoms with Crippen LogP contribution in [0.1, 0.15) is 30.4 Å². The average molecular weight is 494 g/mol. The van der Waals surface area contributed by atoms with Crippen LogP contribution in [0.3, 0.4) is 0 Å². The van der Waals surface area contributed by atoms with Crippen LogP contribution in [0.25, 0.3) is 0 Å². The molecule has 3 N–H and O–H groups in total. The zero-order chi connectivity index (χ0) is 24.0. The third-order valence-electron chi connectivity index (χ3n) is 4.49. The SMILES string of the molecule is CC(C)(C)OC(=O)N1C=NN(c2cccc(NCC(O)CNC(=O)c3ccc(Cl)s3)c2)CC1. The third-order valence-corrected chi connectivity index (χ3v) is 5.72. The second kappa shape index (κ2) is 10.9. The maximum atomic E-state index is 12.2. The van der Waals surface area contributed by atoms with Gasteiger partial charge in [0.25, 0.3) is 5.91 Å². The Kier molecular flexibility index (Phi) is 8.17. The van der Waals surface area contributed by atoms with Crippen molar-refractivity contribution < 1.29 is 19.4 Å². The quantitative estimate of drug-likeness (QED) is 0.544. The van der Waals surface area contributed by atoms with Crippen molar-refractivity contribution in [3.8, 4) is 0 Å². The molecule has 1 unspecified atom stereocenters. The summed E-state index contributed by atoms with van der Waals surface area (Å²) in [5.41, 5.74) is 1.08. The van der Waals surface area contributed by atoms with Crippen molar-refractivity contribution in [2.24, 2.45) is 5.10 Å². The molecule has 0 radical (unpaired) electrons. The van der Waals surface area contributed by atoms with Gasteiger partial charge in [-0.25, -0.2) is 4.79 Å². The summed E-state index contributed by atoms with van der Waals surface area (Å²) in [5, 5.41) is 22.2. The van der Waals surface area contributed by atoms with Crippen LogP contribution in [0.2, 0.25) is 4.34 Å². The van der Waals surface area contributed by atoms with Gasteiger partial charge in [0.2, 0.25) is 0 Å². The molecule has 1 aliphatic heterocycles. The first-order chi connectivity index (χ1) is 15.6. The van der Waals surface area contributed by atoms with Crippen molar-refractivity contribution in [3.05, 3.63) is 45.6 Å². The monoisotopic (exact) mass is 493 g/mol. The number of thiophene rings is 1. The number of halogens is 1. The van der Waals surface area contributed by atoms with Crippen molar-refractivity contribution in [2.45, 2.75) is 32.5 Å². The van der Waals surface area contributed by atoms with E-state index in [1.807, 2.05) is 45.0 Å². The number of hydrogen-bond donors (Lipinski definition) is 3. The van der Waals surface area contributed by atoms with Crippen molar-refractivity contribution in [2.75, 3.05) is 36.5 Å². The van der Waals surface area contributed by atoms with Crippen LogP contribution in [0.4, 0.5) is 16.2 Å². The topological polar surface area (TPSA) is 106 Å². The molecule has 2 heterocycles. The van der Waals surface area contributed by atoms with Crippen LogP contribution in [-0.2, 0) is 4.74 Å². The summed E-state index contributed by atoms with van der Waals surface area (Å²) in [5.74, 6) is -0.267. The van der Waals surface area contributed by atoms with Crippen LogP contribution >= 0.6 is 22.9 Å². The largest absolute Gasteiger partial charge is 0.443 e. The van der Waals surface area contributed by atoms with Crippen molar-refractivity contribution in [3.63, 3.8) is 0 Å². The van der Waals surface area contributed by atoms with Crippen molar-refractivity contribution in [1.29, 1.82) is 0 Å². The number of hydrogen-bond acceptors (Lipinski definition) is 8. The normalized spacial score (nSPS) is 14.7. The number of benzene rings is 1. The molecule has 0 fully saturated rings. The van der Waals surface area contributed by atoms with E-state index in [0.29, 0.717) is 22.3 Å². The minimum absolute atomic E-state index is 0.109. The molecule has 3 rings (SSSR count). The fourth-order valence-electron chi connectivity index (χ4n) is 2.92. The van der Waals surface area contributed by atoms with Gasteiger partial charge in [-0.3, -0.25) is 14.7 Å². The Morgan fingerprint density at radius 1 is 1.24 bits per heavy atom. The summed E-state index contributed by atoms with van der Waals surface area (Å²) < 4.78 is 5.90. The van der Waals surface area contributed by atoms with Gasteiger partial charge in [0.05, 0.1) is 27.5 Å². The number of nitrogens with one attached hydrogen (secondary N) is 2. The Bertz CT molecular complexity index is 1010. The molecule has 1 aromatic carbocycles. The Balaban J connectivity index is 1.48. The highest BCUT2D eigenvalue weighted by molar-refractivity contribution is 7.18. The lowest BCUT2D eigenvalue weighted by atomic mass is 10.2. The molecule has 33 heavy (non-hydrogen) atoms. The summed E-state index contributed by atoms with van der Waals surface area (Å²) in [6.07, 6.45) is 0.262. The van der Waals surface area contributed by atoms with Crippen LogP contribution in [-0.4, -0.2) is 66.2 Å². The molecule has 0 saturated heterocycles. The number of carbonyl (C=O) groups is 2. The number of aliphatic hydroxyl groups is 1. The fraction of sp³-hybridized carbons (Fsp3) is 0.409. The van der Waals surface area contributed by atoms with E-state index in [1.165, 1.54) is 22.6 Å². The first-order valence-electron chi connectivity index (χ1n) is 10.5. The van der Waals surface area contributed by atoms with Gasteiger partial charge in [-0.1, -0.05) is 17.7 Å². The molecule has 0 bridgehead atoms. The van der Waals surface area contributed by atoms with Crippen LogP contribution in [0.5, 0.6) is 0 Å². The average Bonchev–Trinajstić information content (AvgIpc) is 3.21. The second-order valence-corrected chi connectivity index (χ2v) is 10.1. The Morgan fingerprint density at radius 2 is 2.03 bits per heavy atom. The molecular weight excluding hydrogens is 466 g/mol. The van der Waals surface area contributed by atoms with E-state index in [-0.39, 0.29) is 19.0 Å².